The Morgan fingerprint density at radius 1 is 1.02 bits per heavy atom. The second kappa shape index (κ2) is 11.5. The van der Waals surface area contributed by atoms with E-state index < -0.39 is 11.2 Å². The van der Waals surface area contributed by atoms with Gasteiger partial charge in [0.05, 0.1) is 17.2 Å². The zero-order valence-electron chi connectivity index (χ0n) is 26.2. The fourth-order valence-electron chi connectivity index (χ4n) is 6.39. The SMILES string of the molecule is CC(C)(C)OC(=O)N1CCN(C2CCC(n3cc4cc(NC(=O)c5coc6cccnc56)c(C(C)(C)O)cc4n3)CC2)CC1. The predicted molar refractivity (Wildman–Crippen MR) is 168 cm³/mol. The first-order valence-electron chi connectivity index (χ1n) is 15.5. The molecule has 1 aliphatic heterocycles. The van der Waals surface area contributed by atoms with Crippen molar-refractivity contribution in [3.05, 3.63) is 54.0 Å². The summed E-state index contributed by atoms with van der Waals surface area (Å²) in [6, 6.07) is 8.04. The zero-order valence-corrected chi connectivity index (χ0v) is 26.2. The van der Waals surface area contributed by atoms with Gasteiger partial charge in [0, 0.05) is 61.3 Å². The lowest BCUT2D eigenvalue weighted by Gasteiger charge is -2.42. The molecular formula is C33H42N6O5. The smallest absolute Gasteiger partial charge is 0.410 e. The van der Waals surface area contributed by atoms with Crippen LogP contribution >= 0.6 is 0 Å². The molecule has 2 amide bonds. The van der Waals surface area contributed by atoms with Gasteiger partial charge in [-0.25, -0.2) is 4.79 Å². The Kier molecular flexibility index (Phi) is 7.87. The lowest BCUT2D eigenvalue weighted by atomic mass is 9.90. The molecule has 0 radical (unpaired) electrons. The van der Waals surface area contributed by atoms with Gasteiger partial charge in [0.15, 0.2) is 5.58 Å². The number of aromatic nitrogens is 3. The number of fused-ring (bicyclic) bond motifs is 2. The van der Waals surface area contributed by atoms with Crippen LogP contribution in [0.25, 0.3) is 22.0 Å². The summed E-state index contributed by atoms with van der Waals surface area (Å²) in [5.41, 5.74) is 1.55. The van der Waals surface area contributed by atoms with Crippen LogP contribution in [-0.2, 0) is 10.3 Å². The average molecular weight is 603 g/mol. The summed E-state index contributed by atoms with van der Waals surface area (Å²) in [6.45, 7) is 12.2. The third kappa shape index (κ3) is 6.30. The predicted octanol–water partition coefficient (Wildman–Crippen LogP) is 5.69. The number of piperazine rings is 1. The molecule has 0 bridgehead atoms. The highest BCUT2D eigenvalue weighted by Crippen LogP contribution is 2.36. The molecule has 6 rings (SSSR count). The zero-order chi connectivity index (χ0) is 31.2. The molecule has 3 aromatic heterocycles. The average Bonchev–Trinajstić information content (AvgIpc) is 3.60. The molecule has 1 aromatic carbocycles. The Bertz CT molecular complexity index is 1660. The molecule has 0 atom stereocenters. The van der Waals surface area contributed by atoms with Gasteiger partial charge >= 0.3 is 6.09 Å². The first kappa shape index (κ1) is 30.1. The van der Waals surface area contributed by atoms with E-state index in [2.05, 4.69) is 19.9 Å². The summed E-state index contributed by atoms with van der Waals surface area (Å²) in [5, 5.41) is 19.8. The first-order chi connectivity index (χ1) is 20.9. The fourth-order valence-corrected chi connectivity index (χ4v) is 6.39. The number of benzene rings is 1. The number of amides is 2. The normalized spacial score (nSPS) is 20.3. The maximum absolute atomic E-state index is 13.3. The van der Waals surface area contributed by atoms with Gasteiger partial charge in [-0.15, -0.1) is 0 Å². The summed E-state index contributed by atoms with van der Waals surface area (Å²) in [6.07, 6.45) is 8.99. The summed E-state index contributed by atoms with van der Waals surface area (Å²) >= 11 is 0. The highest BCUT2D eigenvalue weighted by molar-refractivity contribution is 6.12. The van der Waals surface area contributed by atoms with Crippen molar-refractivity contribution in [2.75, 3.05) is 31.5 Å². The number of aliphatic hydroxyl groups is 1. The number of nitrogens with one attached hydrogen (secondary N) is 1. The number of hydrogen-bond acceptors (Lipinski definition) is 8. The van der Waals surface area contributed by atoms with E-state index in [1.807, 2.05) is 44.0 Å². The van der Waals surface area contributed by atoms with Gasteiger partial charge in [-0.2, -0.15) is 5.10 Å². The minimum atomic E-state index is -1.21. The quantitative estimate of drug-likeness (QED) is 0.298. The lowest BCUT2D eigenvalue weighted by molar-refractivity contribution is 0.00721. The van der Waals surface area contributed by atoms with E-state index in [0.29, 0.717) is 47.0 Å². The van der Waals surface area contributed by atoms with Crippen LogP contribution in [0.2, 0.25) is 0 Å². The van der Waals surface area contributed by atoms with E-state index in [4.69, 9.17) is 14.3 Å². The molecule has 0 spiro atoms. The number of carbonyl (C=O) groups is 2. The highest BCUT2D eigenvalue weighted by Gasteiger charge is 2.32. The lowest BCUT2D eigenvalue weighted by Crippen LogP contribution is -2.53. The highest BCUT2D eigenvalue weighted by atomic mass is 16.6. The van der Waals surface area contributed by atoms with E-state index in [0.717, 1.165) is 49.7 Å². The van der Waals surface area contributed by atoms with E-state index in [-0.39, 0.29) is 18.0 Å². The summed E-state index contributed by atoms with van der Waals surface area (Å²) in [5.74, 6) is -0.357. The molecule has 4 aromatic rings. The molecule has 1 aliphatic carbocycles. The van der Waals surface area contributed by atoms with Crippen LogP contribution in [0.15, 0.2) is 47.3 Å². The van der Waals surface area contributed by atoms with Crippen LogP contribution in [0.1, 0.15) is 82.3 Å². The van der Waals surface area contributed by atoms with Crippen LogP contribution in [-0.4, -0.2) is 79.5 Å². The van der Waals surface area contributed by atoms with E-state index in [9.17, 15) is 14.7 Å². The van der Waals surface area contributed by atoms with Crippen LogP contribution in [0, 0.1) is 0 Å². The Hall–Kier alpha value is -3.96. The monoisotopic (exact) mass is 602 g/mol. The first-order valence-corrected chi connectivity index (χ1v) is 15.5. The maximum Gasteiger partial charge on any atom is 0.410 e. The van der Waals surface area contributed by atoms with Crippen molar-refractivity contribution in [3.63, 3.8) is 0 Å². The molecule has 2 aliphatic rings. The molecule has 1 saturated carbocycles. The molecule has 2 N–H and O–H groups in total. The molecule has 234 valence electrons. The van der Waals surface area contributed by atoms with Gasteiger partial charge < -0.3 is 24.5 Å². The number of hydrogen-bond donors (Lipinski definition) is 2. The van der Waals surface area contributed by atoms with Crippen molar-refractivity contribution in [3.8, 4) is 0 Å². The Morgan fingerprint density at radius 2 is 1.73 bits per heavy atom. The second-order valence-electron chi connectivity index (χ2n) is 13.5. The van der Waals surface area contributed by atoms with Gasteiger partial charge in [-0.05, 0) is 84.6 Å². The van der Waals surface area contributed by atoms with Crippen molar-refractivity contribution in [1.82, 2.24) is 24.6 Å². The molecule has 2 fully saturated rings. The van der Waals surface area contributed by atoms with Gasteiger partial charge in [0.1, 0.15) is 22.9 Å². The number of rotatable bonds is 5. The van der Waals surface area contributed by atoms with Crippen LogP contribution in [0.5, 0.6) is 0 Å². The molecule has 44 heavy (non-hydrogen) atoms. The van der Waals surface area contributed by atoms with E-state index in [1.165, 1.54) is 6.26 Å². The molecule has 11 nitrogen and oxygen atoms in total. The van der Waals surface area contributed by atoms with Crippen molar-refractivity contribution in [2.45, 2.75) is 83.6 Å². The van der Waals surface area contributed by atoms with Gasteiger partial charge in [-0.3, -0.25) is 19.4 Å². The summed E-state index contributed by atoms with van der Waals surface area (Å²) in [7, 11) is 0. The number of carbonyl (C=O) groups excluding carboxylic acids is 2. The third-order valence-electron chi connectivity index (χ3n) is 8.67. The number of nitrogens with zero attached hydrogens (tertiary/aromatic N) is 5. The largest absolute Gasteiger partial charge is 0.462 e. The van der Waals surface area contributed by atoms with E-state index in [1.54, 1.807) is 32.2 Å². The van der Waals surface area contributed by atoms with Gasteiger partial charge in [-0.1, -0.05) is 0 Å². The number of furan rings is 1. The number of pyridine rings is 1. The van der Waals surface area contributed by atoms with Gasteiger partial charge in [0.2, 0.25) is 0 Å². The van der Waals surface area contributed by atoms with E-state index >= 15 is 0 Å². The molecule has 1 saturated heterocycles. The van der Waals surface area contributed by atoms with Crippen LogP contribution in [0.4, 0.5) is 10.5 Å². The Labute approximate surface area is 257 Å². The topological polar surface area (TPSA) is 126 Å². The van der Waals surface area contributed by atoms with Crippen molar-refractivity contribution < 1.29 is 23.8 Å². The minimum Gasteiger partial charge on any atom is -0.462 e. The second-order valence-corrected chi connectivity index (χ2v) is 13.5. The van der Waals surface area contributed by atoms with Crippen LogP contribution in [0.3, 0.4) is 0 Å². The number of anilines is 1. The standard InChI is InChI=1S/C33H42N6O5/c1-32(2,3)44-31(41)38-15-13-37(14-16-38)22-8-10-23(11-9-22)39-19-21-17-27(25(33(4,5)42)18-26(21)36-39)35-30(40)24-20-43-28-7-6-12-34-29(24)28/h6-7,12,17-20,22-23,42H,8-11,13-16H2,1-5H3,(H,35,40). The third-order valence-corrected chi connectivity index (χ3v) is 8.67. The molecule has 11 heteroatoms. The van der Waals surface area contributed by atoms with Crippen LogP contribution < -0.4 is 5.32 Å². The summed E-state index contributed by atoms with van der Waals surface area (Å²) in [4.78, 5) is 34.4. The molecule has 4 heterocycles. The number of ether oxygens (including phenoxy) is 1. The summed E-state index contributed by atoms with van der Waals surface area (Å²) < 4.78 is 13.1. The minimum absolute atomic E-state index is 0.228. The van der Waals surface area contributed by atoms with Crippen molar-refractivity contribution in [1.29, 1.82) is 0 Å². The molecule has 0 unspecified atom stereocenters. The molecular weight excluding hydrogens is 560 g/mol. The van der Waals surface area contributed by atoms with Crippen molar-refractivity contribution >= 4 is 39.7 Å². The Balaban J connectivity index is 1.13. The Morgan fingerprint density at radius 3 is 2.41 bits per heavy atom. The maximum atomic E-state index is 13.3. The van der Waals surface area contributed by atoms with Gasteiger partial charge in [0.25, 0.3) is 5.91 Å². The fraction of sp³-hybridized carbons (Fsp3) is 0.515. The van der Waals surface area contributed by atoms with Crippen molar-refractivity contribution in [2.24, 2.45) is 0 Å².